The van der Waals surface area contributed by atoms with Crippen LogP contribution in [0.5, 0.6) is 0 Å². The van der Waals surface area contributed by atoms with Crippen LogP contribution in [0.3, 0.4) is 0 Å². The van der Waals surface area contributed by atoms with E-state index in [1.54, 1.807) is 7.11 Å². The molecular weight excluding hydrogens is 384 g/mol. The Morgan fingerprint density at radius 2 is 2.04 bits per heavy atom. The van der Waals surface area contributed by atoms with Gasteiger partial charge in [-0.2, -0.15) is 0 Å². The van der Waals surface area contributed by atoms with Gasteiger partial charge in [0, 0.05) is 54.5 Å². The maximum atomic E-state index is 12.7. The minimum atomic E-state index is -0.0127. The van der Waals surface area contributed by atoms with Gasteiger partial charge in [0.15, 0.2) is 0 Å². The second-order valence-electron chi connectivity index (χ2n) is 7.16. The largest absolute Gasteiger partial charge is 0.396 e. The molecule has 1 aliphatic heterocycles. The monoisotopic (exact) mass is 410 g/mol. The number of hydrogen-bond donors (Lipinski definition) is 2. The van der Waals surface area contributed by atoms with Gasteiger partial charge >= 0.3 is 0 Å². The number of ether oxygens (including phenoxy) is 1. The number of nitrogens with one attached hydrogen (secondary N) is 1. The molecule has 1 atom stereocenters. The number of rotatable bonds is 5. The lowest BCUT2D eigenvalue weighted by molar-refractivity contribution is 0.0599. The average Bonchev–Trinajstić information content (AvgIpc) is 3.11. The molecule has 5 nitrogen and oxygen atoms in total. The van der Waals surface area contributed by atoms with Crippen LogP contribution in [0.1, 0.15) is 42.5 Å². The van der Waals surface area contributed by atoms with Gasteiger partial charge in [0.05, 0.1) is 6.10 Å². The first-order valence-electron chi connectivity index (χ1n) is 9.09. The topological polar surface area (TPSA) is 61.8 Å². The molecular formula is C19H27BrN2O3. The van der Waals surface area contributed by atoms with Crippen LogP contribution in [0.25, 0.3) is 0 Å². The molecule has 2 aliphatic rings. The Balaban J connectivity index is 1.64. The summed E-state index contributed by atoms with van der Waals surface area (Å²) in [5.74, 6) is 0.313. The minimum absolute atomic E-state index is 0.0127. The number of carbonyl (C=O) groups is 1. The molecule has 3 rings (SSSR count). The van der Waals surface area contributed by atoms with Crippen LogP contribution in [0.15, 0.2) is 22.7 Å². The van der Waals surface area contributed by atoms with E-state index in [2.05, 4.69) is 26.1 Å². The molecule has 2 N–H and O–H groups in total. The average molecular weight is 411 g/mol. The molecule has 2 fully saturated rings. The summed E-state index contributed by atoms with van der Waals surface area (Å²) >= 11 is 3.53. The number of hydrogen-bond acceptors (Lipinski definition) is 4. The number of aliphatic hydroxyl groups excluding tert-OH is 1. The molecule has 1 amide bonds. The molecule has 0 aromatic heterocycles. The lowest BCUT2D eigenvalue weighted by Gasteiger charge is -2.28. The van der Waals surface area contributed by atoms with E-state index in [9.17, 15) is 9.90 Å². The van der Waals surface area contributed by atoms with Gasteiger partial charge < -0.3 is 20.1 Å². The summed E-state index contributed by atoms with van der Waals surface area (Å²) in [6, 6.07) is 6.10. The summed E-state index contributed by atoms with van der Waals surface area (Å²) in [4.78, 5) is 14.9. The fourth-order valence-electron chi connectivity index (χ4n) is 3.82. The molecule has 0 radical (unpaired) electrons. The zero-order valence-corrected chi connectivity index (χ0v) is 16.3. The van der Waals surface area contributed by atoms with Crippen LogP contribution in [-0.2, 0) is 4.74 Å². The summed E-state index contributed by atoms with van der Waals surface area (Å²) < 4.78 is 6.30. The van der Waals surface area contributed by atoms with Gasteiger partial charge in [0.2, 0.25) is 0 Å². The molecule has 1 aromatic rings. The van der Waals surface area contributed by atoms with E-state index < -0.39 is 0 Å². The van der Waals surface area contributed by atoms with Crippen molar-refractivity contribution in [2.24, 2.45) is 5.92 Å². The highest BCUT2D eigenvalue weighted by molar-refractivity contribution is 9.10. The van der Waals surface area contributed by atoms with Crippen LogP contribution < -0.4 is 10.2 Å². The number of nitrogens with zero attached hydrogens (tertiary/aromatic N) is 1. The second-order valence-corrected chi connectivity index (χ2v) is 8.08. The first-order valence-corrected chi connectivity index (χ1v) is 9.88. The van der Waals surface area contributed by atoms with Crippen molar-refractivity contribution < 1.29 is 14.6 Å². The molecule has 0 bridgehead atoms. The fourth-order valence-corrected chi connectivity index (χ4v) is 4.30. The highest BCUT2D eigenvalue weighted by Crippen LogP contribution is 2.28. The molecule has 1 heterocycles. The Morgan fingerprint density at radius 3 is 2.68 bits per heavy atom. The van der Waals surface area contributed by atoms with Crippen molar-refractivity contribution in [3.8, 4) is 0 Å². The third kappa shape index (κ3) is 4.74. The van der Waals surface area contributed by atoms with Crippen molar-refractivity contribution in [1.82, 2.24) is 5.32 Å². The van der Waals surface area contributed by atoms with Crippen LogP contribution in [-0.4, -0.2) is 50.0 Å². The number of carbonyl (C=O) groups excluding carboxylic acids is 1. The maximum Gasteiger partial charge on any atom is 0.251 e. The summed E-state index contributed by atoms with van der Waals surface area (Å²) in [6.45, 7) is 1.99. The van der Waals surface area contributed by atoms with Crippen molar-refractivity contribution in [3.63, 3.8) is 0 Å². The number of amides is 1. The predicted octanol–water partition coefficient (Wildman–Crippen LogP) is 2.96. The maximum absolute atomic E-state index is 12.7. The highest BCUT2D eigenvalue weighted by Gasteiger charge is 2.25. The van der Waals surface area contributed by atoms with Gasteiger partial charge in [0.1, 0.15) is 0 Å². The van der Waals surface area contributed by atoms with E-state index in [0.29, 0.717) is 17.6 Å². The van der Waals surface area contributed by atoms with Crippen molar-refractivity contribution in [2.45, 2.75) is 44.2 Å². The molecule has 138 valence electrons. The molecule has 0 spiro atoms. The van der Waals surface area contributed by atoms with Gasteiger partial charge in [-0.3, -0.25) is 4.79 Å². The van der Waals surface area contributed by atoms with Crippen molar-refractivity contribution in [2.75, 3.05) is 31.7 Å². The third-order valence-corrected chi connectivity index (χ3v) is 5.85. The molecule has 1 aliphatic carbocycles. The molecule has 1 saturated heterocycles. The minimum Gasteiger partial charge on any atom is -0.396 e. The number of aliphatic hydroxyl groups is 1. The van der Waals surface area contributed by atoms with Crippen LogP contribution in [0, 0.1) is 5.92 Å². The van der Waals surface area contributed by atoms with E-state index in [-0.39, 0.29) is 18.6 Å². The van der Waals surface area contributed by atoms with Crippen LogP contribution in [0.2, 0.25) is 0 Å². The highest BCUT2D eigenvalue weighted by atomic mass is 79.9. The van der Waals surface area contributed by atoms with Gasteiger partial charge in [-0.05, 0) is 50.3 Å². The van der Waals surface area contributed by atoms with E-state index in [1.165, 1.54) is 0 Å². The Labute approximate surface area is 157 Å². The summed E-state index contributed by atoms with van der Waals surface area (Å²) in [5.41, 5.74) is 1.73. The molecule has 6 heteroatoms. The van der Waals surface area contributed by atoms with Crippen molar-refractivity contribution in [1.29, 1.82) is 0 Å². The van der Waals surface area contributed by atoms with Gasteiger partial charge in [-0.1, -0.05) is 15.9 Å². The SMILES string of the molecule is COC1CCC(NC(=O)c2cc(Br)cc(N3CC[C@H](CO)C3)c2)CC1. The van der Waals surface area contributed by atoms with E-state index in [4.69, 9.17) is 4.74 Å². The van der Waals surface area contributed by atoms with Gasteiger partial charge in [-0.15, -0.1) is 0 Å². The van der Waals surface area contributed by atoms with E-state index >= 15 is 0 Å². The Morgan fingerprint density at radius 1 is 1.28 bits per heavy atom. The summed E-state index contributed by atoms with van der Waals surface area (Å²) in [6.07, 6.45) is 5.27. The first kappa shape index (κ1) is 18.7. The third-order valence-electron chi connectivity index (χ3n) is 5.40. The lowest BCUT2D eigenvalue weighted by Crippen LogP contribution is -2.39. The Kier molecular flexibility index (Phi) is 6.36. The Bertz CT molecular complexity index is 602. The second kappa shape index (κ2) is 8.52. The van der Waals surface area contributed by atoms with Crippen molar-refractivity contribution >= 4 is 27.5 Å². The van der Waals surface area contributed by atoms with Gasteiger partial charge in [0.25, 0.3) is 5.91 Å². The molecule has 0 unspecified atom stereocenters. The summed E-state index contributed by atoms with van der Waals surface area (Å²) in [5, 5.41) is 12.5. The number of methoxy groups -OCH3 is 1. The lowest BCUT2D eigenvalue weighted by atomic mass is 9.93. The first-order chi connectivity index (χ1) is 12.1. The number of anilines is 1. The predicted molar refractivity (Wildman–Crippen MR) is 102 cm³/mol. The zero-order chi connectivity index (χ0) is 17.8. The van der Waals surface area contributed by atoms with E-state index in [0.717, 1.165) is 55.4 Å². The fraction of sp³-hybridized carbons (Fsp3) is 0.632. The quantitative estimate of drug-likeness (QED) is 0.782. The molecule has 1 saturated carbocycles. The number of halogens is 1. The van der Waals surface area contributed by atoms with Crippen LogP contribution in [0.4, 0.5) is 5.69 Å². The van der Waals surface area contributed by atoms with Crippen LogP contribution >= 0.6 is 15.9 Å². The summed E-state index contributed by atoms with van der Waals surface area (Å²) in [7, 11) is 1.76. The number of benzene rings is 1. The Hall–Kier alpha value is -1.11. The normalized spacial score (nSPS) is 26.7. The zero-order valence-electron chi connectivity index (χ0n) is 14.7. The molecule has 1 aromatic carbocycles. The van der Waals surface area contributed by atoms with Crippen molar-refractivity contribution in [3.05, 3.63) is 28.2 Å². The standard InChI is InChI=1S/C19H27BrN2O3/c1-25-18-4-2-16(3-5-18)21-19(24)14-8-15(20)10-17(9-14)22-7-6-13(11-22)12-23/h8-10,13,16,18,23H,2-7,11-12H2,1H3,(H,21,24)/t13-,16?,18?/m0/s1. The van der Waals surface area contributed by atoms with E-state index in [1.807, 2.05) is 18.2 Å². The molecule has 25 heavy (non-hydrogen) atoms. The smallest absolute Gasteiger partial charge is 0.251 e. The van der Waals surface area contributed by atoms with Gasteiger partial charge in [-0.25, -0.2) is 0 Å².